The maximum Gasteiger partial charge on any atom is 0.0702 e. The van der Waals surface area contributed by atoms with Gasteiger partial charge < -0.3 is 5.73 Å². The average Bonchev–Trinajstić information content (AvgIpc) is 2.47. The van der Waals surface area contributed by atoms with Crippen molar-refractivity contribution in [1.82, 2.24) is 4.98 Å². The summed E-state index contributed by atoms with van der Waals surface area (Å²) in [6, 6.07) is 18.8. The first-order valence-corrected chi connectivity index (χ1v) is 6.45. The van der Waals surface area contributed by atoms with E-state index in [4.69, 9.17) is 5.73 Å². The fourth-order valence-electron chi connectivity index (χ4n) is 2.21. The minimum Gasteiger partial charge on any atom is -0.324 e. The molecule has 0 aliphatic heterocycles. The summed E-state index contributed by atoms with van der Waals surface area (Å²) < 4.78 is 0. The van der Waals surface area contributed by atoms with E-state index < -0.39 is 0 Å². The molecule has 1 unspecified atom stereocenters. The first kappa shape index (κ1) is 11.9. The van der Waals surface area contributed by atoms with Crippen LogP contribution in [-0.4, -0.2) is 4.98 Å². The van der Waals surface area contributed by atoms with Crippen LogP contribution in [0, 0.1) is 0 Å². The van der Waals surface area contributed by atoms with Crippen molar-refractivity contribution < 1.29 is 0 Å². The summed E-state index contributed by atoms with van der Waals surface area (Å²) in [5, 5.41) is 1.16. The SMILES string of the molecule is CC(N)c1ccc(-c2cnc3ccccc3c2)cc1. The summed E-state index contributed by atoms with van der Waals surface area (Å²) in [5.74, 6) is 0. The Labute approximate surface area is 112 Å². The summed E-state index contributed by atoms with van der Waals surface area (Å²) in [6.07, 6.45) is 1.92. The molecule has 1 heterocycles. The van der Waals surface area contributed by atoms with Crippen LogP contribution in [0.4, 0.5) is 0 Å². The van der Waals surface area contributed by atoms with Gasteiger partial charge in [0.15, 0.2) is 0 Å². The van der Waals surface area contributed by atoms with E-state index in [0.29, 0.717) is 0 Å². The van der Waals surface area contributed by atoms with E-state index in [0.717, 1.165) is 22.0 Å². The molecule has 0 fully saturated rings. The quantitative estimate of drug-likeness (QED) is 0.746. The van der Waals surface area contributed by atoms with Gasteiger partial charge in [0, 0.05) is 23.2 Å². The van der Waals surface area contributed by atoms with Crippen LogP contribution in [0.5, 0.6) is 0 Å². The number of hydrogen-bond acceptors (Lipinski definition) is 2. The molecule has 0 spiro atoms. The Kier molecular flexibility index (Phi) is 3.02. The number of benzene rings is 2. The fourth-order valence-corrected chi connectivity index (χ4v) is 2.21. The highest BCUT2D eigenvalue weighted by atomic mass is 14.6. The monoisotopic (exact) mass is 248 g/mol. The summed E-state index contributed by atoms with van der Waals surface area (Å²) in [6.45, 7) is 1.99. The maximum atomic E-state index is 5.86. The van der Waals surface area contributed by atoms with Crippen molar-refractivity contribution in [3.8, 4) is 11.1 Å². The molecule has 3 aromatic rings. The summed E-state index contributed by atoms with van der Waals surface area (Å²) in [4.78, 5) is 4.49. The predicted molar refractivity (Wildman–Crippen MR) is 79.8 cm³/mol. The largest absolute Gasteiger partial charge is 0.324 e. The van der Waals surface area contributed by atoms with Gasteiger partial charge in [-0.25, -0.2) is 0 Å². The van der Waals surface area contributed by atoms with Gasteiger partial charge in [0.2, 0.25) is 0 Å². The molecule has 0 amide bonds. The van der Waals surface area contributed by atoms with Crippen molar-refractivity contribution in [2.24, 2.45) is 5.73 Å². The molecule has 3 rings (SSSR count). The van der Waals surface area contributed by atoms with Gasteiger partial charge in [-0.05, 0) is 30.2 Å². The van der Waals surface area contributed by atoms with Crippen LogP contribution in [0.15, 0.2) is 60.8 Å². The lowest BCUT2D eigenvalue weighted by Crippen LogP contribution is -2.04. The Morgan fingerprint density at radius 2 is 1.68 bits per heavy atom. The normalized spacial score (nSPS) is 12.5. The number of rotatable bonds is 2. The molecule has 1 atom stereocenters. The molecule has 94 valence electrons. The fraction of sp³-hybridized carbons (Fsp3) is 0.118. The van der Waals surface area contributed by atoms with E-state index in [-0.39, 0.29) is 6.04 Å². The van der Waals surface area contributed by atoms with Gasteiger partial charge in [0.25, 0.3) is 0 Å². The lowest BCUT2D eigenvalue weighted by atomic mass is 10.0. The van der Waals surface area contributed by atoms with Gasteiger partial charge in [0.1, 0.15) is 0 Å². The first-order chi connectivity index (χ1) is 9.24. The highest BCUT2D eigenvalue weighted by Gasteiger charge is 2.02. The van der Waals surface area contributed by atoms with Crippen LogP contribution in [0.3, 0.4) is 0 Å². The minimum absolute atomic E-state index is 0.0729. The van der Waals surface area contributed by atoms with Crippen LogP contribution in [0.1, 0.15) is 18.5 Å². The second-order valence-electron chi connectivity index (χ2n) is 4.83. The van der Waals surface area contributed by atoms with E-state index in [9.17, 15) is 0 Å². The van der Waals surface area contributed by atoms with Crippen molar-refractivity contribution in [1.29, 1.82) is 0 Å². The van der Waals surface area contributed by atoms with Crippen molar-refractivity contribution in [2.75, 3.05) is 0 Å². The molecule has 0 aliphatic rings. The molecule has 0 saturated heterocycles. The molecule has 19 heavy (non-hydrogen) atoms. The van der Waals surface area contributed by atoms with Crippen molar-refractivity contribution in [3.63, 3.8) is 0 Å². The van der Waals surface area contributed by atoms with Gasteiger partial charge in [0.05, 0.1) is 5.52 Å². The number of pyridine rings is 1. The number of aromatic nitrogens is 1. The van der Waals surface area contributed by atoms with Crippen LogP contribution in [-0.2, 0) is 0 Å². The van der Waals surface area contributed by atoms with E-state index in [1.54, 1.807) is 0 Å². The summed E-state index contributed by atoms with van der Waals surface area (Å²) in [7, 11) is 0. The number of fused-ring (bicyclic) bond motifs is 1. The lowest BCUT2D eigenvalue weighted by molar-refractivity contribution is 0.818. The van der Waals surface area contributed by atoms with Gasteiger partial charge >= 0.3 is 0 Å². The topological polar surface area (TPSA) is 38.9 Å². The number of para-hydroxylation sites is 1. The van der Waals surface area contributed by atoms with Gasteiger partial charge in [-0.2, -0.15) is 0 Å². The number of nitrogens with two attached hydrogens (primary N) is 1. The molecular weight excluding hydrogens is 232 g/mol. The second kappa shape index (κ2) is 4.82. The Balaban J connectivity index is 2.03. The Morgan fingerprint density at radius 3 is 2.42 bits per heavy atom. The van der Waals surface area contributed by atoms with Crippen LogP contribution >= 0.6 is 0 Å². The molecular formula is C17H16N2. The summed E-state index contributed by atoms with van der Waals surface area (Å²) >= 11 is 0. The highest BCUT2D eigenvalue weighted by Crippen LogP contribution is 2.23. The lowest BCUT2D eigenvalue weighted by Gasteiger charge is -2.07. The summed E-state index contributed by atoms with van der Waals surface area (Å²) in [5.41, 5.74) is 10.3. The van der Waals surface area contributed by atoms with Crippen molar-refractivity contribution in [3.05, 3.63) is 66.4 Å². The van der Waals surface area contributed by atoms with E-state index in [1.165, 1.54) is 5.56 Å². The molecule has 2 aromatic carbocycles. The zero-order valence-corrected chi connectivity index (χ0v) is 10.9. The molecule has 1 aromatic heterocycles. The molecule has 2 heteroatoms. The maximum absolute atomic E-state index is 5.86. The van der Waals surface area contributed by atoms with Crippen molar-refractivity contribution >= 4 is 10.9 Å². The highest BCUT2D eigenvalue weighted by molar-refractivity contribution is 5.83. The standard InChI is InChI=1S/C17H16N2/c1-12(18)13-6-8-14(9-7-13)16-10-15-4-2-3-5-17(15)19-11-16/h2-12H,18H2,1H3. The Morgan fingerprint density at radius 1 is 0.947 bits per heavy atom. The predicted octanol–water partition coefficient (Wildman–Crippen LogP) is 3.92. The van der Waals surface area contributed by atoms with E-state index >= 15 is 0 Å². The van der Waals surface area contributed by atoms with Crippen LogP contribution < -0.4 is 5.73 Å². The Hall–Kier alpha value is -2.19. The number of hydrogen-bond donors (Lipinski definition) is 1. The molecule has 2 nitrogen and oxygen atoms in total. The molecule has 0 bridgehead atoms. The smallest absolute Gasteiger partial charge is 0.0702 e. The average molecular weight is 248 g/mol. The third-order valence-corrected chi connectivity index (χ3v) is 3.36. The van der Waals surface area contributed by atoms with Gasteiger partial charge in [-0.15, -0.1) is 0 Å². The second-order valence-corrected chi connectivity index (χ2v) is 4.83. The molecule has 2 N–H and O–H groups in total. The van der Waals surface area contributed by atoms with Crippen LogP contribution in [0.25, 0.3) is 22.0 Å². The molecule has 0 aliphatic carbocycles. The van der Waals surface area contributed by atoms with Crippen molar-refractivity contribution in [2.45, 2.75) is 13.0 Å². The molecule has 0 radical (unpaired) electrons. The number of nitrogens with zero attached hydrogens (tertiary/aromatic N) is 1. The van der Waals surface area contributed by atoms with E-state index in [1.807, 2.05) is 31.3 Å². The zero-order chi connectivity index (χ0) is 13.2. The Bertz CT molecular complexity index is 700. The first-order valence-electron chi connectivity index (χ1n) is 6.45. The van der Waals surface area contributed by atoms with Gasteiger partial charge in [-0.1, -0.05) is 42.5 Å². The zero-order valence-electron chi connectivity index (χ0n) is 10.9. The van der Waals surface area contributed by atoms with Gasteiger partial charge in [-0.3, -0.25) is 4.98 Å². The minimum atomic E-state index is 0.0729. The third kappa shape index (κ3) is 2.35. The van der Waals surface area contributed by atoms with Crippen LogP contribution in [0.2, 0.25) is 0 Å². The third-order valence-electron chi connectivity index (χ3n) is 3.36. The molecule has 0 saturated carbocycles. The van der Waals surface area contributed by atoms with E-state index in [2.05, 4.69) is 41.4 Å².